The second-order valence-electron chi connectivity index (χ2n) is 7.15. The number of carbonyl (C=O) groups excluding carboxylic acids is 1. The Balaban J connectivity index is 1.77. The SMILES string of the molecule is Cc1ccc(CN(CC(=O)NC[C@@H]2CCCO2)S(=O)(=O)c2ccc(Br)cc2)cc1. The first-order valence-electron chi connectivity index (χ1n) is 9.54. The molecule has 3 rings (SSSR count). The Hall–Kier alpha value is -1.74. The molecular weight excluding hydrogens is 456 g/mol. The third-order valence-electron chi connectivity index (χ3n) is 4.80. The van der Waals surface area contributed by atoms with E-state index >= 15 is 0 Å². The van der Waals surface area contributed by atoms with Gasteiger partial charge < -0.3 is 10.1 Å². The molecule has 1 aliphatic rings. The summed E-state index contributed by atoms with van der Waals surface area (Å²) < 4.78 is 33.9. The summed E-state index contributed by atoms with van der Waals surface area (Å²) in [6, 6.07) is 14.0. The number of carbonyl (C=O) groups is 1. The van der Waals surface area contributed by atoms with Crippen LogP contribution in [0.5, 0.6) is 0 Å². The number of aryl methyl sites for hydroxylation is 1. The van der Waals surface area contributed by atoms with E-state index in [0.717, 1.165) is 28.4 Å². The van der Waals surface area contributed by atoms with E-state index in [0.29, 0.717) is 13.2 Å². The summed E-state index contributed by atoms with van der Waals surface area (Å²) in [5, 5.41) is 2.81. The van der Waals surface area contributed by atoms with Crippen molar-refractivity contribution in [2.75, 3.05) is 19.7 Å². The molecule has 0 saturated carbocycles. The first-order valence-corrected chi connectivity index (χ1v) is 11.8. The van der Waals surface area contributed by atoms with Crippen molar-refractivity contribution in [2.45, 2.75) is 37.3 Å². The molecule has 1 N–H and O–H groups in total. The Labute approximate surface area is 180 Å². The minimum Gasteiger partial charge on any atom is -0.376 e. The van der Waals surface area contributed by atoms with Gasteiger partial charge in [-0.05, 0) is 49.6 Å². The van der Waals surface area contributed by atoms with Crippen molar-refractivity contribution < 1.29 is 17.9 Å². The summed E-state index contributed by atoms with van der Waals surface area (Å²) in [7, 11) is -3.84. The summed E-state index contributed by atoms with van der Waals surface area (Å²) in [5.41, 5.74) is 1.91. The molecule has 0 unspecified atom stereocenters. The van der Waals surface area contributed by atoms with Gasteiger partial charge in [0.15, 0.2) is 0 Å². The summed E-state index contributed by atoms with van der Waals surface area (Å²) in [6.45, 7) is 2.94. The maximum Gasteiger partial charge on any atom is 0.243 e. The van der Waals surface area contributed by atoms with Gasteiger partial charge in [-0.3, -0.25) is 4.79 Å². The predicted octanol–water partition coefficient (Wildman–Crippen LogP) is 3.24. The molecule has 0 spiro atoms. The molecule has 29 heavy (non-hydrogen) atoms. The highest BCUT2D eigenvalue weighted by Crippen LogP contribution is 2.21. The van der Waals surface area contributed by atoms with Crippen LogP contribution in [-0.4, -0.2) is 44.4 Å². The lowest BCUT2D eigenvalue weighted by atomic mass is 10.1. The quantitative estimate of drug-likeness (QED) is 0.628. The van der Waals surface area contributed by atoms with Crippen LogP contribution >= 0.6 is 15.9 Å². The molecule has 0 bridgehead atoms. The van der Waals surface area contributed by atoms with Gasteiger partial charge in [0, 0.05) is 24.2 Å². The molecule has 0 radical (unpaired) electrons. The zero-order chi connectivity index (χ0) is 20.9. The number of ether oxygens (including phenoxy) is 1. The van der Waals surface area contributed by atoms with Gasteiger partial charge >= 0.3 is 0 Å². The molecule has 0 aliphatic carbocycles. The largest absolute Gasteiger partial charge is 0.376 e. The maximum absolute atomic E-state index is 13.2. The lowest BCUT2D eigenvalue weighted by Gasteiger charge is -2.22. The molecule has 1 aliphatic heterocycles. The van der Waals surface area contributed by atoms with Gasteiger partial charge in [0.25, 0.3) is 0 Å². The molecule has 156 valence electrons. The van der Waals surface area contributed by atoms with Crippen molar-refractivity contribution in [3.05, 3.63) is 64.1 Å². The van der Waals surface area contributed by atoms with Crippen molar-refractivity contribution >= 4 is 31.9 Å². The van der Waals surface area contributed by atoms with Crippen molar-refractivity contribution in [3.8, 4) is 0 Å². The number of halogens is 1. The van der Waals surface area contributed by atoms with Gasteiger partial charge in [-0.1, -0.05) is 45.8 Å². The third-order valence-corrected chi connectivity index (χ3v) is 7.14. The summed E-state index contributed by atoms with van der Waals surface area (Å²) in [6.07, 6.45) is 1.90. The first kappa shape index (κ1) is 22.0. The number of nitrogens with zero attached hydrogens (tertiary/aromatic N) is 1. The number of hydrogen-bond donors (Lipinski definition) is 1. The van der Waals surface area contributed by atoms with E-state index in [-0.39, 0.29) is 30.0 Å². The van der Waals surface area contributed by atoms with Crippen molar-refractivity contribution in [1.82, 2.24) is 9.62 Å². The van der Waals surface area contributed by atoms with E-state index in [1.807, 2.05) is 31.2 Å². The van der Waals surface area contributed by atoms with Crippen molar-refractivity contribution in [2.24, 2.45) is 0 Å². The van der Waals surface area contributed by atoms with Crippen LogP contribution in [0, 0.1) is 6.92 Å². The second kappa shape index (κ2) is 9.84. The minimum atomic E-state index is -3.84. The Morgan fingerprint density at radius 3 is 2.48 bits per heavy atom. The van der Waals surface area contributed by atoms with Crippen LogP contribution in [0.4, 0.5) is 0 Å². The zero-order valence-corrected chi connectivity index (χ0v) is 18.7. The molecule has 1 heterocycles. The summed E-state index contributed by atoms with van der Waals surface area (Å²) in [4.78, 5) is 12.7. The second-order valence-corrected chi connectivity index (χ2v) is 10.0. The van der Waals surface area contributed by atoms with E-state index < -0.39 is 10.0 Å². The molecule has 2 aromatic rings. The van der Waals surface area contributed by atoms with Crippen LogP contribution in [0.2, 0.25) is 0 Å². The first-order chi connectivity index (χ1) is 13.8. The number of amides is 1. The Morgan fingerprint density at radius 1 is 1.17 bits per heavy atom. The number of benzene rings is 2. The Morgan fingerprint density at radius 2 is 1.86 bits per heavy atom. The molecule has 0 aromatic heterocycles. The van der Waals surface area contributed by atoms with E-state index in [9.17, 15) is 13.2 Å². The molecule has 1 atom stereocenters. The predicted molar refractivity (Wildman–Crippen MR) is 115 cm³/mol. The standard InChI is InChI=1S/C21H25BrN2O4S/c1-16-4-6-17(7-5-16)14-24(15-21(25)23-13-19-3-2-12-28-19)29(26,27)20-10-8-18(22)9-11-20/h4-11,19H,2-3,12-15H2,1H3,(H,23,25)/t19-/m0/s1. The highest BCUT2D eigenvalue weighted by atomic mass is 79.9. The van der Waals surface area contributed by atoms with Crippen LogP contribution in [0.1, 0.15) is 24.0 Å². The number of nitrogens with one attached hydrogen (secondary N) is 1. The monoisotopic (exact) mass is 480 g/mol. The normalized spacial score (nSPS) is 16.9. The maximum atomic E-state index is 13.2. The van der Waals surface area contributed by atoms with Gasteiger partial charge in [0.2, 0.25) is 15.9 Å². The van der Waals surface area contributed by atoms with Gasteiger partial charge in [-0.2, -0.15) is 4.31 Å². The summed E-state index contributed by atoms with van der Waals surface area (Å²) in [5.74, 6) is -0.340. The van der Waals surface area contributed by atoms with Gasteiger partial charge in [0.1, 0.15) is 0 Å². The lowest BCUT2D eigenvalue weighted by Crippen LogP contribution is -2.42. The van der Waals surface area contributed by atoms with Crippen molar-refractivity contribution in [1.29, 1.82) is 0 Å². The molecule has 6 nitrogen and oxygen atoms in total. The highest BCUT2D eigenvalue weighted by molar-refractivity contribution is 9.10. The Bertz CT molecular complexity index is 924. The Kier molecular flexibility index (Phi) is 7.45. The van der Waals surface area contributed by atoms with Gasteiger partial charge in [-0.25, -0.2) is 8.42 Å². The van der Waals surface area contributed by atoms with Crippen LogP contribution < -0.4 is 5.32 Å². The zero-order valence-electron chi connectivity index (χ0n) is 16.3. The summed E-state index contributed by atoms with van der Waals surface area (Å²) >= 11 is 3.32. The van der Waals surface area contributed by atoms with Gasteiger partial charge in [-0.15, -0.1) is 0 Å². The minimum absolute atomic E-state index is 0.00702. The average molecular weight is 481 g/mol. The van der Waals surface area contributed by atoms with E-state index in [2.05, 4.69) is 21.2 Å². The highest BCUT2D eigenvalue weighted by Gasteiger charge is 2.27. The van der Waals surface area contributed by atoms with Crippen LogP contribution in [0.3, 0.4) is 0 Å². The number of hydrogen-bond acceptors (Lipinski definition) is 4. The van der Waals surface area contributed by atoms with Crippen molar-refractivity contribution in [3.63, 3.8) is 0 Å². The van der Waals surface area contributed by atoms with E-state index in [1.165, 1.54) is 16.4 Å². The van der Waals surface area contributed by atoms with E-state index in [4.69, 9.17) is 4.74 Å². The fraction of sp³-hybridized carbons (Fsp3) is 0.381. The fourth-order valence-corrected chi connectivity index (χ4v) is 4.78. The molecular formula is C21H25BrN2O4S. The smallest absolute Gasteiger partial charge is 0.243 e. The van der Waals surface area contributed by atoms with Crippen LogP contribution in [-0.2, 0) is 26.1 Å². The molecule has 1 amide bonds. The molecule has 1 saturated heterocycles. The fourth-order valence-electron chi connectivity index (χ4n) is 3.13. The third kappa shape index (κ3) is 6.12. The molecule has 1 fully saturated rings. The van der Waals surface area contributed by atoms with Crippen LogP contribution in [0.25, 0.3) is 0 Å². The molecule has 8 heteroatoms. The van der Waals surface area contributed by atoms with Gasteiger partial charge in [0.05, 0.1) is 17.5 Å². The van der Waals surface area contributed by atoms with Crippen LogP contribution in [0.15, 0.2) is 57.9 Å². The number of rotatable bonds is 8. The molecule has 2 aromatic carbocycles. The lowest BCUT2D eigenvalue weighted by molar-refractivity contribution is -0.121. The average Bonchev–Trinajstić information content (AvgIpc) is 3.21. The number of sulfonamides is 1. The van der Waals surface area contributed by atoms with E-state index in [1.54, 1.807) is 12.1 Å². The topological polar surface area (TPSA) is 75.7 Å².